The van der Waals surface area contributed by atoms with E-state index < -0.39 is 0 Å². The predicted molar refractivity (Wildman–Crippen MR) is 96.5 cm³/mol. The van der Waals surface area contributed by atoms with Crippen LogP contribution >= 0.6 is 36.2 Å². The Kier molecular flexibility index (Phi) is 7.54. The van der Waals surface area contributed by atoms with Gasteiger partial charge in [-0.3, -0.25) is 4.79 Å². The van der Waals surface area contributed by atoms with E-state index in [1.54, 1.807) is 11.3 Å². The van der Waals surface area contributed by atoms with Crippen LogP contribution in [0.25, 0.3) is 11.5 Å². The Bertz CT molecular complexity index is 627. The predicted octanol–water partition coefficient (Wildman–Crippen LogP) is 2.95. The number of thiophene rings is 1. The topological polar surface area (TPSA) is 81.2 Å². The molecule has 2 heterocycles. The number of carbonyl (C=O) groups excluding carboxylic acids is 1. The largest absolute Gasteiger partial charge is 0.441 e. The highest BCUT2D eigenvalue weighted by atomic mass is 35.5. The Morgan fingerprint density at radius 1 is 1.52 bits per heavy atom. The molecule has 0 radical (unpaired) electrons. The number of hydrogen-bond acceptors (Lipinski definition) is 5. The zero-order chi connectivity index (χ0) is 14.8. The summed E-state index contributed by atoms with van der Waals surface area (Å²) < 4.78 is 5.62. The first kappa shape index (κ1) is 20.0. The van der Waals surface area contributed by atoms with Crippen molar-refractivity contribution in [3.05, 3.63) is 28.3 Å². The van der Waals surface area contributed by atoms with Crippen LogP contribution in [0.4, 0.5) is 0 Å². The van der Waals surface area contributed by atoms with Crippen LogP contribution in [0, 0.1) is 12.8 Å². The Morgan fingerprint density at radius 2 is 2.26 bits per heavy atom. The van der Waals surface area contributed by atoms with Gasteiger partial charge < -0.3 is 15.5 Å². The van der Waals surface area contributed by atoms with Crippen LogP contribution in [-0.2, 0) is 11.2 Å². The number of nitrogens with one attached hydrogen (secondary N) is 1. The van der Waals surface area contributed by atoms with Gasteiger partial charge >= 0.3 is 0 Å². The van der Waals surface area contributed by atoms with Gasteiger partial charge in [0.2, 0.25) is 11.8 Å². The van der Waals surface area contributed by atoms with E-state index in [1.807, 2.05) is 23.8 Å². The van der Waals surface area contributed by atoms with Crippen LogP contribution in [0.1, 0.15) is 24.3 Å². The lowest BCUT2D eigenvalue weighted by molar-refractivity contribution is -0.120. The third-order valence-electron chi connectivity index (χ3n) is 3.75. The first-order chi connectivity index (χ1) is 10.1. The molecule has 0 saturated heterocycles. The van der Waals surface area contributed by atoms with E-state index in [9.17, 15) is 4.79 Å². The van der Waals surface area contributed by atoms with Crippen molar-refractivity contribution in [1.82, 2.24) is 10.3 Å². The van der Waals surface area contributed by atoms with Crippen molar-refractivity contribution in [1.29, 1.82) is 0 Å². The Balaban J connectivity index is 0.00000132. The molecule has 23 heavy (non-hydrogen) atoms. The summed E-state index contributed by atoms with van der Waals surface area (Å²) in [6.45, 7) is 2.37. The van der Waals surface area contributed by atoms with Gasteiger partial charge in [0.15, 0.2) is 0 Å². The number of nitrogens with zero attached hydrogens (tertiary/aromatic N) is 1. The first-order valence-electron chi connectivity index (χ1n) is 7.14. The molecule has 0 bridgehead atoms. The lowest BCUT2D eigenvalue weighted by atomic mass is 10.2. The number of oxazole rings is 1. The minimum absolute atomic E-state index is 0. The molecule has 128 valence electrons. The fourth-order valence-corrected chi connectivity index (χ4v) is 2.87. The maximum Gasteiger partial charge on any atom is 0.227 e. The van der Waals surface area contributed by atoms with Crippen molar-refractivity contribution >= 4 is 42.1 Å². The minimum atomic E-state index is -0.0561. The molecule has 0 spiro atoms. The Morgan fingerprint density at radius 3 is 2.87 bits per heavy atom. The van der Waals surface area contributed by atoms with E-state index in [0.717, 1.165) is 5.56 Å². The highest BCUT2D eigenvalue weighted by Crippen LogP contribution is 2.31. The van der Waals surface area contributed by atoms with Crippen molar-refractivity contribution in [2.45, 2.75) is 32.2 Å². The minimum Gasteiger partial charge on any atom is -0.441 e. The number of aryl methyl sites for hydroxylation is 1. The molecule has 2 aromatic rings. The van der Waals surface area contributed by atoms with Crippen LogP contribution in [0.3, 0.4) is 0 Å². The number of aromatic nitrogens is 1. The molecule has 1 fully saturated rings. The average molecular weight is 378 g/mol. The second-order valence-electron chi connectivity index (χ2n) is 5.52. The van der Waals surface area contributed by atoms with Gasteiger partial charge in [-0.15, -0.1) is 24.8 Å². The van der Waals surface area contributed by atoms with Crippen LogP contribution < -0.4 is 11.1 Å². The van der Waals surface area contributed by atoms with Crippen LogP contribution in [-0.4, -0.2) is 23.5 Å². The van der Waals surface area contributed by atoms with Gasteiger partial charge in [0.05, 0.1) is 12.1 Å². The normalized spacial score (nSPS) is 14.5. The van der Waals surface area contributed by atoms with E-state index in [1.165, 1.54) is 12.8 Å². The second kappa shape index (κ2) is 8.68. The SMILES string of the molecule is Cc1oc(-c2ccsc2)nc1CC(=O)NCC(N)C1CC1.Cl.Cl. The molecule has 0 aliphatic heterocycles. The van der Waals surface area contributed by atoms with Gasteiger partial charge in [0, 0.05) is 23.5 Å². The summed E-state index contributed by atoms with van der Waals surface area (Å²) in [5, 5.41) is 6.83. The van der Waals surface area contributed by atoms with Crippen molar-refractivity contribution in [3.63, 3.8) is 0 Å². The van der Waals surface area contributed by atoms with Gasteiger partial charge in [-0.2, -0.15) is 11.3 Å². The third kappa shape index (κ3) is 5.21. The fourth-order valence-electron chi connectivity index (χ4n) is 2.24. The number of amides is 1. The maximum absolute atomic E-state index is 12.0. The lowest BCUT2D eigenvalue weighted by Crippen LogP contribution is -2.39. The van der Waals surface area contributed by atoms with Crippen LogP contribution in [0.2, 0.25) is 0 Å². The molecular formula is C15H21Cl2N3O2S. The zero-order valence-corrected chi connectivity index (χ0v) is 15.2. The zero-order valence-electron chi connectivity index (χ0n) is 12.8. The van der Waals surface area contributed by atoms with Gasteiger partial charge in [-0.1, -0.05) is 0 Å². The van der Waals surface area contributed by atoms with Gasteiger partial charge in [0.25, 0.3) is 0 Å². The number of rotatable bonds is 6. The molecule has 2 aromatic heterocycles. The van der Waals surface area contributed by atoms with Gasteiger partial charge in [-0.25, -0.2) is 4.98 Å². The highest BCUT2D eigenvalue weighted by molar-refractivity contribution is 7.08. The molecule has 3 rings (SSSR count). The first-order valence-corrected chi connectivity index (χ1v) is 8.09. The van der Waals surface area contributed by atoms with Crippen molar-refractivity contribution in [2.24, 2.45) is 11.7 Å². The molecule has 0 aromatic carbocycles. The number of hydrogen-bond donors (Lipinski definition) is 2. The summed E-state index contributed by atoms with van der Waals surface area (Å²) in [4.78, 5) is 16.4. The number of halogens is 2. The van der Waals surface area contributed by atoms with Crippen molar-refractivity contribution in [3.8, 4) is 11.5 Å². The summed E-state index contributed by atoms with van der Waals surface area (Å²) in [6, 6.07) is 2.03. The summed E-state index contributed by atoms with van der Waals surface area (Å²) in [5.74, 6) is 1.80. The molecule has 1 unspecified atom stereocenters. The molecular weight excluding hydrogens is 357 g/mol. The van der Waals surface area contributed by atoms with E-state index in [-0.39, 0.29) is 43.2 Å². The number of nitrogens with two attached hydrogens (primary N) is 1. The van der Waals surface area contributed by atoms with E-state index in [4.69, 9.17) is 10.2 Å². The van der Waals surface area contributed by atoms with Crippen LogP contribution in [0.15, 0.2) is 21.2 Å². The summed E-state index contributed by atoms with van der Waals surface area (Å²) >= 11 is 1.59. The average Bonchev–Trinajstić information content (AvgIpc) is 3.05. The summed E-state index contributed by atoms with van der Waals surface area (Å²) in [7, 11) is 0. The molecule has 5 nitrogen and oxygen atoms in total. The summed E-state index contributed by atoms with van der Waals surface area (Å²) in [5.41, 5.74) is 7.61. The fraction of sp³-hybridized carbons (Fsp3) is 0.467. The second-order valence-corrected chi connectivity index (χ2v) is 6.30. The Hall–Kier alpha value is -1.08. The third-order valence-corrected chi connectivity index (χ3v) is 4.43. The molecule has 1 atom stereocenters. The highest BCUT2D eigenvalue weighted by Gasteiger charge is 2.28. The molecule has 1 saturated carbocycles. The lowest BCUT2D eigenvalue weighted by Gasteiger charge is -2.10. The standard InChI is InChI=1S/C15H19N3O2S.2ClH/c1-9-13(18-15(20-9)11-4-5-21-8-11)6-14(19)17-7-12(16)10-2-3-10;;/h4-5,8,10,12H,2-3,6-7,16H2,1H3,(H,17,19);2*1H. The smallest absolute Gasteiger partial charge is 0.227 e. The van der Waals surface area contributed by atoms with E-state index >= 15 is 0 Å². The molecule has 1 aliphatic rings. The quantitative estimate of drug-likeness (QED) is 0.810. The van der Waals surface area contributed by atoms with Gasteiger partial charge in [0.1, 0.15) is 5.76 Å². The molecule has 1 aliphatic carbocycles. The monoisotopic (exact) mass is 377 g/mol. The van der Waals surface area contributed by atoms with E-state index in [0.29, 0.717) is 29.8 Å². The van der Waals surface area contributed by atoms with Crippen molar-refractivity contribution < 1.29 is 9.21 Å². The maximum atomic E-state index is 12.0. The summed E-state index contributed by atoms with van der Waals surface area (Å²) in [6.07, 6.45) is 2.60. The van der Waals surface area contributed by atoms with Crippen LogP contribution in [0.5, 0.6) is 0 Å². The molecule has 1 amide bonds. The molecule has 3 N–H and O–H groups in total. The van der Waals surface area contributed by atoms with Gasteiger partial charge in [-0.05, 0) is 37.1 Å². The number of carbonyl (C=O) groups is 1. The van der Waals surface area contributed by atoms with E-state index in [2.05, 4.69) is 10.3 Å². The molecule has 8 heteroatoms. The van der Waals surface area contributed by atoms with Crippen molar-refractivity contribution in [2.75, 3.05) is 6.54 Å². The Labute approximate surface area is 151 Å².